The van der Waals surface area contributed by atoms with Crippen molar-refractivity contribution in [2.75, 3.05) is 11.9 Å². The first-order valence-electron chi connectivity index (χ1n) is 12.9. The second kappa shape index (κ2) is 11.0. The van der Waals surface area contributed by atoms with Crippen molar-refractivity contribution in [3.8, 4) is 0 Å². The van der Waals surface area contributed by atoms with Crippen LogP contribution in [0.4, 0.5) is 5.69 Å². The lowest BCUT2D eigenvalue weighted by Gasteiger charge is -2.28. The number of anilines is 1. The van der Waals surface area contributed by atoms with Gasteiger partial charge in [0.25, 0.3) is 0 Å². The quantitative estimate of drug-likeness (QED) is 0.382. The Hall–Kier alpha value is -3.96. The summed E-state index contributed by atoms with van der Waals surface area (Å²) in [5.74, 6) is -0.235. The number of benzene rings is 4. The summed E-state index contributed by atoms with van der Waals surface area (Å²) in [7, 11) is 1.74. The molecule has 0 saturated heterocycles. The average molecular weight is 492 g/mol. The minimum atomic E-state index is -0.575. The van der Waals surface area contributed by atoms with Crippen LogP contribution in [0.3, 0.4) is 0 Å². The molecular weight excluding hydrogens is 458 g/mol. The highest BCUT2D eigenvalue weighted by atomic mass is 16.2. The van der Waals surface area contributed by atoms with Gasteiger partial charge in [-0.25, -0.2) is 0 Å². The minimum Gasteiger partial charge on any atom is -0.343 e. The van der Waals surface area contributed by atoms with Gasteiger partial charge in [0.2, 0.25) is 11.8 Å². The number of nitrogens with zero attached hydrogens (tertiary/aromatic N) is 1. The Morgan fingerprint density at radius 3 is 2.49 bits per heavy atom. The molecule has 1 unspecified atom stereocenters. The number of amides is 2. The third-order valence-electron chi connectivity index (χ3n) is 7.28. The highest BCUT2D eigenvalue weighted by Crippen LogP contribution is 2.31. The summed E-state index contributed by atoms with van der Waals surface area (Å²) in [4.78, 5) is 28.5. The first kappa shape index (κ1) is 24.7. The van der Waals surface area contributed by atoms with Crippen LogP contribution >= 0.6 is 0 Å². The summed E-state index contributed by atoms with van der Waals surface area (Å²) in [6.07, 6.45) is 2.12. The Morgan fingerprint density at radius 1 is 0.946 bits per heavy atom. The number of carbonyl (C=O) groups is 2. The molecular formula is C32H33N3O2. The molecule has 5 heteroatoms. The zero-order valence-corrected chi connectivity index (χ0v) is 21.4. The van der Waals surface area contributed by atoms with Crippen LogP contribution in [0.2, 0.25) is 0 Å². The maximum atomic E-state index is 14.0. The standard InChI is InChI=1S/C32H33N3O2/c1-22(33-2)31(36)34-29-17-16-25-12-7-9-15-30(25)35(32(29)37)21-27-20-24(18-23-10-4-3-5-11-23)19-26-13-6-8-14-28(26)27/h3-15,19-20,22,29,33H,16-18,21H2,1-2H3,(H,34,36)/t22-,29?/m0/s1. The van der Waals surface area contributed by atoms with Gasteiger partial charge in [-0.3, -0.25) is 9.59 Å². The predicted molar refractivity (Wildman–Crippen MR) is 150 cm³/mol. The SMILES string of the molecule is CN[C@@H](C)C(=O)NC1CCc2ccccc2N(Cc2cc(Cc3ccccc3)cc3ccccc23)C1=O. The van der Waals surface area contributed by atoms with Crippen molar-refractivity contribution in [2.24, 2.45) is 0 Å². The summed E-state index contributed by atoms with van der Waals surface area (Å²) < 4.78 is 0. The first-order chi connectivity index (χ1) is 18.0. The lowest BCUT2D eigenvalue weighted by molar-refractivity contribution is -0.128. The first-order valence-corrected chi connectivity index (χ1v) is 12.9. The highest BCUT2D eigenvalue weighted by molar-refractivity contribution is 6.01. The molecule has 0 fully saturated rings. The molecule has 188 valence electrons. The van der Waals surface area contributed by atoms with Crippen LogP contribution in [-0.2, 0) is 29.0 Å². The van der Waals surface area contributed by atoms with Crippen molar-refractivity contribution in [2.45, 2.75) is 44.8 Å². The number of carbonyl (C=O) groups excluding carboxylic acids is 2. The van der Waals surface area contributed by atoms with Crippen molar-refractivity contribution in [3.63, 3.8) is 0 Å². The molecule has 0 spiro atoms. The van der Waals surface area contributed by atoms with Gasteiger partial charge in [-0.05, 0) is 72.3 Å². The Kier molecular flexibility index (Phi) is 7.33. The van der Waals surface area contributed by atoms with Crippen LogP contribution in [0.25, 0.3) is 10.8 Å². The lowest BCUT2D eigenvalue weighted by Crippen LogP contribution is -2.52. The van der Waals surface area contributed by atoms with Gasteiger partial charge in [-0.15, -0.1) is 0 Å². The summed E-state index contributed by atoms with van der Waals surface area (Å²) in [5.41, 5.74) is 5.61. The maximum Gasteiger partial charge on any atom is 0.249 e. The van der Waals surface area contributed by atoms with Crippen molar-refractivity contribution < 1.29 is 9.59 Å². The van der Waals surface area contributed by atoms with Crippen LogP contribution in [0.1, 0.15) is 35.6 Å². The molecule has 2 N–H and O–H groups in total. The molecule has 0 saturated carbocycles. The van der Waals surface area contributed by atoms with Crippen LogP contribution in [0, 0.1) is 0 Å². The molecule has 2 atom stereocenters. The van der Waals surface area contributed by atoms with E-state index in [0.29, 0.717) is 13.0 Å². The van der Waals surface area contributed by atoms with E-state index < -0.39 is 6.04 Å². The fourth-order valence-corrected chi connectivity index (χ4v) is 5.13. The van der Waals surface area contributed by atoms with Gasteiger partial charge in [0.05, 0.1) is 12.6 Å². The number of rotatable bonds is 7. The second-order valence-corrected chi connectivity index (χ2v) is 9.80. The van der Waals surface area contributed by atoms with Crippen molar-refractivity contribution >= 4 is 28.3 Å². The lowest BCUT2D eigenvalue weighted by atomic mass is 9.96. The number of nitrogens with one attached hydrogen (secondary N) is 2. The number of aryl methyl sites for hydroxylation is 1. The van der Waals surface area contributed by atoms with E-state index in [-0.39, 0.29) is 17.9 Å². The third kappa shape index (κ3) is 5.42. The number of hydrogen-bond donors (Lipinski definition) is 2. The fourth-order valence-electron chi connectivity index (χ4n) is 5.13. The molecule has 1 heterocycles. The largest absolute Gasteiger partial charge is 0.343 e. The second-order valence-electron chi connectivity index (χ2n) is 9.80. The Labute approximate surface area is 218 Å². The highest BCUT2D eigenvalue weighted by Gasteiger charge is 2.32. The van der Waals surface area contributed by atoms with Crippen LogP contribution in [-0.4, -0.2) is 30.9 Å². The molecule has 5 nitrogen and oxygen atoms in total. The molecule has 0 aromatic heterocycles. The van der Waals surface area contributed by atoms with Gasteiger partial charge < -0.3 is 15.5 Å². The van der Waals surface area contributed by atoms with E-state index in [9.17, 15) is 9.59 Å². The van der Waals surface area contributed by atoms with Gasteiger partial charge >= 0.3 is 0 Å². The smallest absolute Gasteiger partial charge is 0.249 e. The zero-order valence-electron chi connectivity index (χ0n) is 21.4. The Bertz CT molecular complexity index is 1420. The Balaban J connectivity index is 1.53. The van der Waals surface area contributed by atoms with E-state index >= 15 is 0 Å². The van der Waals surface area contributed by atoms with E-state index in [4.69, 9.17) is 0 Å². The molecule has 0 radical (unpaired) electrons. The molecule has 4 aromatic rings. The van der Waals surface area contributed by atoms with Crippen LogP contribution in [0.15, 0.2) is 91.0 Å². The summed E-state index contributed by atoms with van der Waals surface area (Å²) >= 11 is 0. The number of hydrogen-bond acceptors (Lipinski definition) is 3. The van der Waals surface area contributed by atoms with E-state index in [0.717, 1.165) is 40.4 Å². The van der Waals surface area contributed by atoms with Gasteiger partial charge in [0, 0.05) is 5.69 Å². The molecule has 1 aliphatic heterocycles. The van der Waals surface area contributed by atoms with Gasteiger partial charge in [0.15, 0.2) is 0 Å². The number of fused-ring (bicyclic) bond motifs is 2. The summed E-state index contributed by atoms with van der Waals surface area (Å²) in [5, 5.41) is 8.26. The molecule has 5 rings (SSSR count). The molecule has 1 aliphatic rings. The maximum absolute atomic E-state index is 14.0. The monoisotopic (exact) mass is 491 g/mol. The Morgan fingerprint density at radius 2 is 1.68 bits per heavy atom. The number of likely N-dealkylation sites (N-methyl/N-ethyl adjacent to an activating group) is 1. The van der Waals surface area contributed by atoms with Gasteiger partial charge in [-0.2, -0.15) is 0 Å². The zero-order chi connectivity index (χ0) is 25.8. The minimum absolute atomic E-state index is 0.0702. The van der Waals surface area contributed by atoms with E-state index in [2.05, 4.69) is 71.3 Å². The van der Waals surface area contributed by atoms with E-state index in [1.807, 2.05) is 35.2 Å². The van der Waals surface area contributed by atoms with E-state index in [1.165, 1.54) is 11.1 Å². The number of para-hydroxylation sites is 1. The van der Waals surface area contributed by atoms with Gasteiger partial charge in [0.1, 0.15) is 6.04 Å². The normalized spacial score (nSPS) is 16.2. The molecule has 0 bridgehead atoms. The van der Waals surface area contributed by atoms with Crippen molar-refractivity contribution in [1.82, 2.24) is 10.6 Å². The van der Waals surface area contributed by atoms with Gasteiger partial charge in [-0.1, -0.05) is 84.9 Å². The topological polar surface area (TPSA) is 61.4 Å². The third-order valence-corrected chi connectivity index (χ3v) is 7.28. The summed E-state index contributed by atoms with van der Waals surface area (Å²) in [6.45, 7) is 2.24. The summed E-state index contributed by atoms with van der Waals surface area (Å²) in [6, 6.07) is 30.4. The fraction of sp³-hybridized carbons (Fsp3) is 0.250. The molecule has 37 heavy (non-hydrogen) atoms. The van der Waals surface area contributed by atoms with Crippen LogP contribution in [0.5, 0.6) is 0 Å². The molecule has 0 aliphatic carbocycles. The van der Waals surface area contributed by atoms with Crippen molar-refractivity contribution in [3.05, 3.63) is 113 Å². The average Bonchev–Trinajstić information content (AvgIpc) is 3.05. The van der Waals surface area contributed by atoms with Crippen LogP contribution < -0.4 is 15.5 Å². The van der Waals surface area contributed by atoms with Crippen molar-refractivity contribution in [1.29, 1.82) is 0 Å². The predicted octanol–water partition coefficient (Wildman–Crippen LogP) is 5.00. The molecule has 2 amide bonds. The van der Waals surface area contributed by atoms with E-state index in [1.54, 1.807) is 14.0 Å². The molecule has 4 aromatic carbocycles.